The maximum absolute atomic E-state index is 10.5. The smallest absolute Gasteiger partial charge is 0.136 e. The summed E-state index contributed by atoms with van der Waals surface area (Å²) >= 11 is 0. The van der Waals surface area contributed by atoms with Crippen molar-refractivity contribution in [3.8, 4) is 22.6 Å². The van der Waals surface area contributed by atoms with Crippen LogP contribution >= 0.6 is 0 Å². The molecule has 0 aliphatic rings. The first-order chi connectivity index (χ1) is 12.2. The van der Waals surface area contributed by atoms with Crippen molar-refractivity contribution >= 4 is 32.7 Å². The number of phenols is 2. The highest BCUT2D eigenvalue weighted by atomic mass is 16.3. The SMILES string of the molecule is Oc1ccc(-c2c3ccccc3cc3oc4ccccc4c23)c(O)c1. The van der Waals surface area contributed by atoms with Crippen LogP contribution in [0, 0.1) is 0 Å². The lowest BCUT2D eigenvalue weighted by Crippen LogP contribution is -1.85. The van der Waals surface area contributed by atoms with E-state index in [-0.39, 0.29) is 11.5 Å². The molecule has 5 rings (SSSR count). The zero-order valence-corrected chi connectivity index (χ0v) is 13.2. The molecule has 0 fully saturated rings. The van der Waals surface area contributed by atoms with Crippen molar-refractivity contribution in [2.45, 2.75) is 0 Å². The molecule has 0 aliphatic carbocycles. The molecule has 3 heteroatoms. The van der Waals surface area contributed by atoms with Crippen molar-refractivity contribution in [2.24, 2.45) is 0 Å². The summed E-state index contributed by atoms with van der Waals surface area (Å²) in [6.07, 6.45) is 0. The average molecular weight is 326 g/mol. The number of fused-ring (bicyclic) bond motifs is 4. The first kappa shape index (κ1) is 13.9. The Labute approximate surface area is 143 Å². The van der Waals surface area contributed by atoms with Crippen LogP contribution in [-0.4, -0.2) is 10.2 Å². The lowest BCUT2D eigenvalue weighted by Gasteiger charge is -2.11. The normalized spacial score (nSPS) is 11.5. The van der Waals surface area contributed by atoms with Crippen LogP contribution in [0.25, 0.3) is 43.8 Å². The number of hydrogen-bond donors (Lipinski definition) is 2. The van der Waals surface area contributed by atoms with Gasteiger partial charge in [-0.15, -0.1) is 0 Å². The molecule has 0 unspecified atom stereocenters. The molecule has 0 saturated heterocycles. The molecular formula is C22H14O3. The van der Waals surface area contributed by atoms with Gasteiger partial charge in [-0.05, 0) is 35.0 Å². The molecule has 0 saturated carbocycles. The van der Waals surface area contributed by atoms with E-state index in [0.717, 1.165) is 38.3 Å². The molecule has 0 radical (unpaired) electrons. The first-order valence-electron chi connectivity index (χ1n) is 8.08. The van der Waals surface area contributed by atoms with Gasteiger partial charge < -0.3 is 14.6 Å². The Morgan fingerprint density at radius 2 is 1.44 bits per heavy atom. The molecule has 5 aromatic rings. The molecule has 4 aromatic carbocycles. The minimum atomic E-state index is 0.0368. The van der Waals surface area contributed by atoms with E-state index in [4.69, 9.17) is 4.42 Å². The van der Waals surface area contributed by atoms with Gasteiger partial charge in [0.1, 0.15) is 22.7 Å². The summed E-state index contributed by atoms with van der Waals surface area (Å²) < 4.78 is 6.06. The van der Waals surface area contributed by atoms with Crippen LogP contribution in [0.15, 0.2) is 77.2 Å². The second-order valence-corrected chi connectivity index (χ2v) is 6.15. The highest BCUT2D eigenvalue weighted by molar-refractivity contribution is 6.21. The highest BCUT2D eigenvalue weighted by Crippen LogP contribution is 2.44. The van der Waals surface area contributed by atoms with E-state index in [9.17, 15) is 10.2 Å². The number of benzene rings is 4. The van der Waals surface area contributed by atoms with Gasteiger partial charge in [0.25, 0.3) is 0 Å². The number of aromatic hydroxyl groups is 2. The topological polar surface area (TPSA) is 53.6 Å². The molecule has 0 spiro atoms. The standard InChI is InChI=1S/C22H14O3/c23-14-9-10-16(18(24)12-14)21-15-6-2-1-5-13(15)11-20-22(21)17-7-3-4-8-19(17)25-20/h1-12,23-24H. The number of para-hydroxylation sites is 1. The zero-order chi connectivity index (χ0) is 17.0. The van der Waals surface area contributed by atoms with Gasteiger partial charge >= 0.3 is 0 Å². The number of rotatable bonds is 1. The van der Waals surface area contributed by atoms with Crippen LogP contribution in [0.4, 0.5) is 0 Å². The van der Waals surface area contributed by atoms with E-state index >= 15 is 0 Å². The van der Waals surface area contributed by atoms with Gasteiger partial charge in [-0.1, -0.05) is 42.5 Å². The molecule has 2 N–H and O–H groups in total. The third-order valence-electron chi connectivity index (χ3n) is 4.64. The van der Waals surface area contributed by atoms with E-state index in [1.54, 1.807) is 12.1 Å². The van der Waals surface area contributed by atoms with Gasteiger partial charge in [-0.2, -0.15) is 0 Å². The molecular weight excluding hydrogens is 312 g/mol. The van der Waals surface area contributed by atoms with E-state index < -0.39 is 0 Å². The van der Waals surface area contributed by atoms with Crippen molar-refractivity contribution in [3.63, 3.8) is 0 Å². The van der Waals surface area contributed by atoms with Crippen molar-refractivity contribution in [1.82, 2.24) is 0 Å². The first-order valence-corrected chi connectivity index (χ1v) is 8.08. The summed E-state index contributed by atoms with van der Waals surface area (Å²) in [6, 6.07) is 22.7. The predicted octanol–water partition coefficient (Wildman–Crippen LogP) is 5.82. The van der Waals surface area contributed by atoms with E-state index in [2.05, 4.69) is 0 Å². The fourth-order valence-corrected chi connectivity index (χ4v) is 3.56. The fourth-order valence-electron chi connectivity index (χ4n) is 3.56. The number of hydrogen-bond acceptors (Lipinski definition) is 3. The molecule has 0 bridgehead atoms. The van der Waals surface area contributed by atoms with Gasteiger partial charge in [-0.25, -0.2) is 0 Å². The molecule has 3 nitrogen and oxygen atoms in total. The van der Waals surface area contributed by atoms with E-state index in [1.807, 2.05) is 54.6 Å². The van der Waals surface area contributed by atoms with Crippen LogP contribution < -0.4 is 0 Å². The summed E-state index contributed by atoms with van der Waals surface area (Å²) in [6.45, 7) is 0. The maximum atomic E-state index is 10.5. The molecule has 25 heavy (non-hydrogen) atoms. The number of furan rings is 1. The van der Waals surface area contributed by atoms with Crippen molar-refractivity contribution in [1.29, 1.82) is 0 Å². The summed E-state index contributed by atoms with van der Waals surface area (Å²) in [4.78, 5) is 0. The molecule has 1 heterocycles. The van der Waals surface area contributed by atoms with Gasteiger partial charge in [-0.3, -0.25) is 0 Å². The van der Waals surface area contributed by atoms with Crippen molar-refractivity contribution < 1.29 is 14.6 Å². The second kappa shape index (κ2) is 5.02. The van der Waals surface area contributed by atoms with Gasteiger partial charge in [0.05, 0.1) is 0 Å². The molecule has 1 aromatic heterocycles. The zero-order valence-electron chi connectivity index (χ0n) is 13.2. The fraction of sp³-hybridized carbons (Fsp3) is 0. The highest BCUT2D eigenvalue weighted by Gasteiger charge is 2.18. The largest absolute Gasteiger partial charge is 0.508 e. The quantitative estimate of drug-likeness (QED) is 0.408. The van der Waals surface area contributed by atoms with Crippen molar-refractivity contribution in [2.75, 3.05) is 0 Å². The van der Waals surface area contributed by atoms with Gasteiger partial charge in [0, 0.05) is 28.0 Å². The van der Waals surface area contributed by atoms with Crippen LogP contribution in [0.1, 0.15) is 0 Å². The molecule has 120 valence electrons. The summed E-state index contributed by atoms with van der Waals surface area (Å²) in [5.74, 6) is 0.0812. The third-order valence-corrected chi connectivity index (χ3v) is 4.64. The van der Waals surface area contributed by atoms with E-state index in [0.29, 0.717) is 5.56 Å². The molecule has 0 atom stereocenters. The van der Waals surface area contributed by atoms with Crippen LogP contribution in [0.2, 0.25) is 0 Å². The average Bonchev–Trinajstić information content (AvgIpc) is 2.98. The maximum Gasteiger partial charge on any atom is 0.136 e. The lowest BCUT2D eigenvalue weighted by atomic mass is 9.93. The monoisotopic (exact) mass is 326 g/mol. The summed E-state index contributed by atoms with van der Waals surface area (Å²) in [5, 5.41) is 24.2. The predicted molar refractivity (Wildman–Crippen MR) is 100.0 cm³/mol. The minimum Gasteiger partial charge on any atom is -0.508 e. The van der Waals surface area contributed by atoms with Crippen molar-refractivity contribution in [3.05, 3.63) is 72.8 Å². The third kappa shape index (κ3) is 1.99. The Balaban J connectivity index is 2.06. The Bertz CT molecular complexity index is 1260. The minimum absolute atomic E-state index is 0.0368. The Morgan fingerprint density at radius 1 is 0.680 bits per heavy atom. The Hall–Kier alpha value is -3.46. The van der Waals surface area contributed by atoms with Gasteiger partial charge in [0.15, 0.2) is 0 Å². The van der Waals surface area contributed by atoms with Crippen LogP contribution in [0.5, 0.6) is 11.5 Å². The summed E-state index contributed by atoms with van der Waals surface area (Å²) in [5.41, 5.74) is 3.18. The molecule has 0 amide bonds. The summed E-state index contributed by atoms with van der Waals surface area (Å²) in [7, 11) is 0. The van der Waals surface area contributed by atoms with E-state index in [1.165, 1.54) is 6.07 Å². The van der Waals surface area contributed by atoms with Gasteiger partial charge in [0.2, 0.25) is 0 Å². The number of phenolic OH excluding ortho intramolecular Hbond substituents is 2. The molecule has 0 aliphatic heterocycles. The Morgan fingerprint density at radius 3 is 2.28 bits per heavy atom. The lowest BCUT2D eigenvalue weighted by molar-refractivity contribution is 0.452. The Kier molecular flexibility index (Phi) is 2.80. The van der Waals surface area contributed by atoms with Crippen LogP contribution in [0.3, 0.4) is 0 Å². The second-order valence-electron chi connectivity index (χ2n) is 6.15. The van der Waals surface area contributed by atoms with Crippen LogP contribution in [-0.2, 0) is 0 Å².